The summed E-state index contributed by atoms with van der Waals surface area (Å²) < 4.78 is 15.1. The fourth-order valence-electron chi connectivity index (χ4n) is 2.04. The predicted octanol–water partition coefficient (Wildman–Crippen LogP) is 1.02. The minimum atomic E-state index is -0.572. The van der Waals surface area contributed by atoms with Crippen molar-refractivity contribution >= 4 is 34.9 Å². The van der Waals surface area contributed by atoms with Crippen molar-refractivity contribution in [3.05, 3.63) is 23.8 Å². The molecule has 0 atom stereocenters. The molecule has 0 spiro atoms. The van der Waals surface area contributed by atoms with Crippen LogP contribution in [0.15, 0.2) is 18.2 Å². The number of halogens is 1. The van der Waals surface area contributed by atoms with Crippen molar-refractivity contribution < 1.29 is 28.6 Å². The summed E-state index contributed by atoms with van der Waals surface area (Å²) in [6.45, 7) is -0.0716. The molecule has 0 fully saturated rings. The van der Waals surface area contributed by atoms with Crippen LogP contribution in [0.1, 0.15) is 10.4 Å². The third-order valence-electron chi connectivity index (χ3n) is 3.18. The Morgan fingerprint density at radius 1 is 1.35 bits per heavy atom. The summed E-state index contributed by atoms with van der Waals surface area (Å²) in [5, 5.41) is 0. The standard InChI is InChI=1S/C15H16ClNO6/c1-21-4-5-22-15(20)8-17-11-6-10(12(18)7-16)2-3-13(11)23-9-14(17)19/h2-3,6H,4-5,7-9H2,1H3. The molecule has 0 radical (unpaired) electrons. The quantitative estimate of drug-likeness (QED) is 0.319. The van der Waals surface area contributed by atoms with Crippen molar-refractivity contribution in [2.24, 2.45) is 0 Å². The van der Waals surface area contributed by atoms with Crippen LogP contribution in [0.5, 0.6) is 5.75 Å². The molecular formula is C15H16ClNO6. The monoisotopic (exact) mass is 341 g/mol. The van der Waals surface area contributed by atoms with Crippen LogP contribution in [-0.4, -0.2) is 57.0 Å². The van der Waals surface area contributed by atoms with E-state index in [4.69, 9.17) is 25.8 Å². The van der Waals surface area contributed by atoms with E-state index < -0.39 is 11.9 Å². The summed E-state index contributed by atoms with van der Waals surface area (Å²) in [4.78, 5) is 36.8. The Hall–Kier alpha value is -2.12. The van der Waals surface area contributed by atoms with Gasteiger partial charge in [-0.05, 0) is 18.2 Å². The van der Waals surface area contributed by atoms with E-state index >= 15 is 0 Å². The van der Waals surface area contributed by atoms with Crippen molar-refractivity contribution in [1.29, 1.82) is 0 Å². The number of alkyl halides is 1. The number of carbonyl (C=O) groups is 3. The van der Waals surface area contributed by atoms with E-state index in [2.05, 4.69) is 0 Å². The number of rotatable bonds is 7. The second-order valence-electron chi connectivity index (χ2n) is 4.72. The van der Waals surface area contributed by atoms with Gasteiger partial charge in [-0.25, -0.2) is 0 Å². The zero-order chi connectivity index (χ0) is 16.8. The lowest BCUT2D eigenvalue weighted by atomic mass is 10.1. The Balaban J connectivity index is 2.19. The molecule has 8 heteroatoms. The minimum absolute atomic E-state index is 0.103. The number of ketones is 1. The van der Waals surface area contributed by atoms with Crippen LogP contribution in [0.3, 0.4) is 0 Å². The number of carbonyl (C=O) groups excluding carboxylic acids is 3. The van der Waals surface area contributed by atoms with Crippen LogP contribution in [0.2, 0.25) is 0 Å². The molecule has 0 aliphatic carbocycles. The lowest BCUT2D eigenvalue weighted by Crippen LogP contribution is -2.42. The molecule has 0 saturated heterocycles. The van der Waals surface area contributed by atoms with Gasteiger partial charge in [0, 0.05) is 12.7 Å². The van der Waals surface area contributed by atoms with Crippen LogP contribution >= 0.6 is 11.6 Å². The van der Waals surface area contributed by atoms with Crippen LogP contribution in [0.4, 0.5) is 5.69 Å². The third kappa shape index (κ3) is 4.20. The number of fused-ring (bicyclic) bond motifs is 1. The van der Waals surface area contributed by atoms with Crippen LogP contribution in [-0.2, 0) is 19.1 Å². The van der Waals surface area contributed by atoms with Crippen molar-refractivity contribution in [2.75, 3.05) is 44.3 Å². The molecule has 0 N–H and O–H groups in total. The fraction of sp³-hybridized carbons (Fsp3) is 0.400. The van der Waals surface area contributed by atoms with Crippen LogP contribution in [0.25, 0.3) is 0 Å². The maximum Gasteiger partial charge on any atom is 0.326 e. The second-order valence-corrected chi connectivity index (χ2v) is 4.99. The molecule has 1 aliphatic rings. The minimum Gasteiger partial charge on any atom is -0.482 e. The van der Waals surface area contributed by atoms with E-state index in [9.17, 15) is 14.4 Å². The number of hydrogen-bond donors (Lipinski definition) is 0. The first-order valence-electron chi connectivity index (χ1n) is 6.87. The number of benzene rings is 1. The first kappa shape index (κ1) is 17.2. The highest BCUT2D eigenvalue weighted by Crippen LogP contribution is 2.33. The topological polar surface area (TPSA) is 82.1 Å². The van der Waals surface area contributed by atoms with E-state index in [1.807, 2.05) is 0 Å². The number of anilines is 1. The highest BCUT2D eigenvalue weighted by molar-refractivity contribution is 6.30. The number of Topliss-reactive ketones (excluding diaryl/α,β-unsaturated/α-hetero) is 1. The zero-order valence-corrected chi connectivity index (χ0v) is 13.3. The predicted molar refractivity (Wildman–Crippen MR) is 82.2 cm³/mol. The summed E-state index contributed by atoms with van der Waals surface area (Å²) in [5.74, 6) is -1.00. The molecule has 7 nitrogen and oxygen atoms in total. The normalized spacial score (nSPS) is 13.3. The molecule has 1 aromatic carbocycles. The molecule has 0 saturated carbocycles. The average molecular weight is 342 g/mol. The first-order chi connectivity index (χ1) is 11.1. The van der Waals surface area contributed by atoms with Gasteiger partial charge in [0.2, 0.25) is 0 Å². The Morgan fingerprint density at radius 2 is 2.13 bits per heavy atom. The third-order valence-corrected chi connectivity index (χ3v) is 3.43. The van der Waals surface area contributed by atoms with E-state index in [1.165, 1.54) is 18.1 Å². The molecule has 0 aromatic heterocycles. The largest absolute Gasteiger partial charge is 0.482 e. The smallest absolute Gasteiger partial charge is 0.326 e. The van der Waals surface area contributed by atoms with Gasteiger partial charge in [0.25, 0.3) is 5.91 Å². The lowest BCUT2D eigenvalue weighted by Gasteiger charge is -2.28. The highest BCUT2D eigenvalue weighted by atomic mass is 35.5. The fourth-order valence-corrected chi connectivity index (χ4v) is 2.19. The van der Waals surface area contributed by atoms with E-state index in [0.717, 1.165) is 0 Å². The maximum atomic E-state index is 12.0. The Labute approximate surface area is 138 Å². The second kappa shape index (κ2) is 7.94. The number of nitrogens with zero attached hydrogens (tertiary/aromatic N) is 1. The summed E-state index contributed by atoms with van der Waals surface area (Å²) in [5.41, 5.74) is 0.690. The van der Waals surface area contributed by atoms with Crippen LogP contribution in [0, 0.1) is 0 Å². The summed E-state index contributed by atoms with van der Waals surface area (Å²) in [7, 11) is 1.49. The van der Waals surface area contributed by atoms with Gasteiger partial charge in [0.05, 0.1) is 18.2 Å². The number of methoxy groups -OCH3 is 1. The molecule has 1 aromatic rings. The van der Waals surface area contributed by atoms with Gasteiger partial charge in [-0.15, -0.1) is 11.6 Å². The summed E-state index contributed by atoms with van der Waals surface area (Å²) >= 11 is 5.54. The van der Waals surface area contributed by atoms with Gasteiger partial charge in [0.1, 0.15) is 18.9 Å². The lowest BCUT2D eigenvalue weighted by molar-refractivity contribution is -0.144. The number of ether oxygens (including phenoxy) is 3. The van der Waals surface area contributed by atoms with E-state index in [0.29, 0.717) is 17.0 Å². The van der Waals surface area contributed by atoms with Gasteiger partial charge in [-0.2, -0.15) is 0 Å². The maximum absolute atomic E-state index is 12.0. The highest BCUT2D eigenvalue weighted by Gasteiger charge is 2.28. The van der Waals surface area contributed by atoms with Gasteiger partial charge in [-0.1, -0.05) is 0 Å². The molecule has 2 rings (SSSR count). The number of hydrogen-bond acceptors (Lipinski definition) is 6. The number of amides is 1. The van der Waals surface area contributed by atoms with Gasteiger partial charge in [0.15, 0.2) is 12.4 Å². The number of esters is 1. The Morgan fingerprint density at radius 3 is 2.83 bits per heavy atom. The van der Waals surface area contributed by atoms with Crippen molar-refractivity contribution in [2.45, 2.75) is 0 Å². The van der Waals surface area contributed by atoms with E-state index in [-0.39, 0.29) is 38.0 Å². The molecule has 1 aliphatic heterocycles. The van der Waals surface area contributed by atoms with Gasteiger partial charge < -0.3 is 14.2 Å². The zero-order valence-electron chi connectivity index (χ0n) is 12.5. The van der Waals surface area contributed by atoms with Gasteiger partial charge >= 0.3 is 5.97 Å². The Kier molecular flexibility index (Phi) is 5.95. The Bertz CT molecular complexity index is 618. The molecule has 1 amide bonds. The molecule has 1 heterocycles. The molecule has 124 valence electrons. The van der Waals surface area contributed by atoms with Crippen molar-refractivity contribution in [3.63, 3.8) is 0 Å². The molecule has 0 bridgehead atoms. The van der Waals surface area contributed by atoms with Crippen molar-refractivity contribution in [1.82, 2.24) is 0 Å². The van der Waals surface area contributed by atoms with Gasteiger partial charge in [-0.3, -0.25) is 19.3 Å². The summed E-state index contributed by atoms with van der Waals surface area (Å²) in [6, 6.07) is 4.62. The average Bonchev–Trinajstić information content (AvgIpc) is 2.56. The SMILES string of the molecule is COCCOC(=O)CN1C(=O)COc2ccc(C(=O)CCl)cc21. The molecular weight excluding hydrogens is 326 g/mol. The summed E-state index contributed by atoms with van der Waals surface area (Å²) in [6.07, 6.45) is 0. The van der Waals surface area contributed by atoms with E-state index in [1.54, 1.807) is 12.1 Å². The van der Waals surface area contributed by atoms with Crippen LogP contribution < -0.4 is 9.64 Å². The first-order valence-corrected chi connectivity index (χ1v) is 7.41. The van der Waals surface area contributed by atoms with Crippen molar-refractivity contribution in [3.8, 4) is 5.75 Å². The molecule has 0 unspecified atom stereocenters. The molecule has 23 heavy (non-hydrogen) atoms.